The Hall–Kier alpha value is -2.64. The van der Waals surface area contributed by atoms with Crippen LogP contribution in [0.2, 0.25) is 0 Å². The largest absolute Gasteiger partial charge is 0.486 e. The first-order chi connectivity index (χ1) is 15.1. The van der Waals surface area contributed by atoms with Gasteiger partial charge < -0.3 is 14.4 Å². The van der Waals surface area contributed by atoms with Crippen LogP contribution in [0.25, 0.3) is 10.2 Å². The van der Waals surface area contributed by atoms with Gasteiger partial charge in [0.1, 0.15) is 18.2 Å². The predicted octanol–water partition coefficient (Wildman–Crippen LogP) is 4.42. The summed E-state index contributed by atoms with van der Waals surface area (Å²) in [6.45, 7) is 4.56. The van der Waals surface area contributed by atoms with Crippen molar-refractivity contribution in [2.45, 2.75) is 31.8 Å². The van der Waals surface area contributed by atoms with Crippen LogP contribution in [0.4, 0.5) is 0 Å². The predicted molar refractivity (Wildman–Crippen MR) is 122 cm³/mol. The van der Waals surface area contributed by atoms with Crippen LogP contribution >= 0.6 is 11.3 Å². The lowest BCUT2D eigenvalue weighted by atomic mass is 10.0. The molecule has 1 amide bonds. The molecule has 3 aromatic rings. The van der Waals surface area contributed by atoms with E-state index in [1.165, 1.54) is 5.56 Å². The van der Waals surface area contributed by atoms with E-state index in [-0.39, 0.29) is 18.0 Å². The Kier molecular flexibility index (Phi) is 5.54. The van der Waals surface area contributed by atoms with E-state index in [1.54, 1.807) is 11.3 Å². The van der Waals surface area contributed by atoms with Crippen molar-refractivity contribution in [3.63, 3.8) is 0 Å². The molecule has 0 spiro atoms. The van der Waals surface area contributed by atoms with E-state index in [1.807, 2.05) is 36.2 Å². The second-order valence-corrected chi connectivity index (χ2v) is 9.29. The summed E-state index contributed by atoms with van der Waals surface area (Å²) in [4.78, 5) is 22.0. The van der Waals surface area contributed by atoms with Gasteiger partial charge in [-0.25, -0.2) is 4.98 Å². The molecule has 2 atom stereocenters. The lowest BCUT2D eigenvalue weighted by Gasteiger charge is -2.29. The first kappa shape index (κ1) is 20.3. The first-order valence-electron chi connectivity index (χ1n) is 10.8. The second kappa shape index (κ2) is 8.48. The summed E-state index contributed by atoms with van der Waals surface area (Å²) >= 11 is 1.66. The summed E-state index contributed by atoms with van der Waals surface area (Å²) in [5.74, 6) is 1.74. The molecule has 2 aliphatic rings. The number of rotatable bonds is 5. The zero-order chi connectivity index (χ0) is 21.4. The summed E-state index contributed by atoms with van der Waals surface area (Å²) in [6.07, 6.45) is 2.13. The molecule has 162 valence electrons. The van der Waals surface area contributed by atoms with E-state index in [0.717, 1.165) is 46.1 Å². The number of para-hydroxylation sites is 1. The van der Waals surface area contributed by atoms with Gasteiger partial charge in [0.25, 0.3) is 0 Å². The van der Waals surface area contributed by atoms with Gasteiger partial charge in [-0.05, 0) is 56.1 Å². The average Bonchev–Trinajstić information content (AvgIpc) is 3.44. The van der Waals surface area contributed by atoms with E-state index < -0.39 is 0 Å². The van der Waals surface area contributed by atoms with E-state index in [2.05, 4.69) is 30.0 Å². The van der Waals surface area contributed by atoms with E-state index in [4.69, 9.17) is 14.5 Å². The van der Waals surface area contributed by atoms with Crippen molar-refractivity contribution in [2.24, 2.45) is 0 Å². The van der Waals surface area contributed by atoms with Crippen LogP contribution in [-0.4, -0.2) is 54.0 Å². The number of hydrogen-bond donors (Lipinski definition) is 0. The Labute approximate surface area is 186 Å². The molecule has 5 rings (SSSR count). The smallest absolute Gasteiger partial charge is 0.237 e. The number of carbonyl (C=O) groups excluding carboxylic acids is 1. The summed E-state index contributed by atoms with van der Waals surface area (Å²) in [5, 5.41) is 0.974. The first-order valence-corrected chi connectivity index (χ1v) is 11.7. The fourth-order valence-electron chi connectivity index (χ4n) is 4.40. The van der Waals surface area contributed by atoms with Gasteiger partial charge in [-0.2, -0.15) is 0 Å². The third kappa shape index (κ3) is 4.00. The molecule has 6 nitrogen and oxygen atoms in total. The molecule has 0 aliphatic carbocycles. The van der Waals surface area contributed by atoms with Gasteiger partial charge >= 0.3 is 0 Å². The molecule has 1 fully saturated rings. The minimum Gasteiger partial charge on any atom is -0.486 e. The van der Waals surface area contributed by atoms with Gasteiger partial charge in [0.15, 0.2) is 11.5 Å². The van der Waals surface area contributed by atoms with Gasteiger partial charge in [0, 0.05) is 13.1 Å². The Bertz CT molecular complexity index is 1070. The third-order valence-corrected chi connectivity index (χ3v) is 7.50. The van der Waals surface area contributed by atoms with E-state index in [0.29, 0.717) is 19.8 Å². The number of thiazole rings is 1. The topological polar surface area (TPSA) is 54.9 Å². The van der Waals surface area contributed by atoms with Crippen LogP contribution in [-0.2, 0) is 4.79 Å². The molecule has 2 aliphatic heterocycles. The van der Waals surface area contributed by atoms with Crippen LogP contribution in [0.5, 0.6) is 11.5 Å². The minimum atomic E-state index is -0.0553. The van der Waals surface area contributed by atoms with Crippen LogP contribution in [0.1, 0.15) is 42.4 Å². The number of nitrogens with zero attached hydrogens (tertiary/aromatic N) is 3. The summed E-state index contributed by atoms with van der Waals surface area (Å²) < 4.78 is 12.6. The molecule has 2 aromatic carbocycles. The van der Waals surface area contributed by atoms with Crippen LogP contribution in [0.3, 0.4) is 0 Å². The van der Waals surface area contributed by atoms with Crippen molar-refractivity contribution in [2.75, 3.05) is 33.4 Å². The fraction of sp³-hybridized carbons (Fsp3) is 0.417. The van der Waals surface area contributed by atoms with E-state index in [9.17, 15) is 4.79 Å². The zero-order valence-electron chi connectivity index (χ0n) is 17.9. The van der Waals surface area contributed by atoms with Gasteiger partial charge in [0.2, 0.25) is 5.91 Å². The SMILES string of the molecule is C[C@@H](c1nc2ccccc2s1)N(C)C(=O)CN1CCC[C@H]1c1ccc2c(c1)OCCO2. The molecular weight excluding hydrogens is 410 g/mol. The van der Waals surface area contributed by atoms with E-state index >= 15 is 0 Å². The minimum absolute atomic E-state index is 0.0553. The maximum Gasteiger partial charge on any atom is 0.237 e. The Morgan fingerprint density at radius 1 is 1.23 bits per heavy atom. The van der Waals surface area contributed by atoms with Crippen LogP contribution in [0.15, 0.2) is 42.5 Å². The molecule has 3 heterocycles. The number of aromatic nitrogens is 1. The van der Waals surface area contributed by atoms with Gasteiger partial charge in [-0.1, -0.05) is 18.2 Å². The Morgan fingerprint density at radius 2 is 2.03 bits per heavy atom. The highest BCUT2D eigenvalue weighted by atomic mass is 32.1. The van der Waals surface area contributed by atoms with Gasteiger partial charge in [-0.15, -0.1) is 11.3 Å². The van der Waals surface area contributed by atoms with Crippen molar-refractivity contribution in [1.29, 1.82) is 0 Å². The molecule has 0 bridgehead atoms. The van der Waals surface area contributed by atoms with Crippen molar-refractivity contribution >= 4 is 27.5 Å². The van der Waals surface area contributed by atoms with Crippen molar-refractivity contribution in [1.82, 2.24) is 14.8 Å². The number of fused-ring (bicyclic) bond motifs is 2. The van der Waals surface area contributed by atoms with Gasteiger partial charge in [0.05, 0.1) is 22.8 Å². The highest BCUT2D eigenvalue weighted by Crippen LogP contribution is 2.38. The normalized spacial score (nSPS) is 19.5. The molecule has 0 unspecified atom stereocenters. The molecular formula is C24H27N3O3S. The van der Waals surface area contributed by atoms with Crippen molar-refractivity contribution in [3.05, 3.63) is 53.0 Å². The molecule has 0 saturated carbocycles. The monoisotopic (exact) mass is 437 g/mol. The number of likely N-dealkylation sites (tertiary alicyclic amines) is 1. The summed E-state index contributed by atoms with van der Waals surface area (Å²) in [7, 11) is 1.88. The highest BCUT2D eigenvalue weighted by molar-refractivity contribution is 7.18. The van der Waals surface area contributed by atoms with Gasteiger partial charge in [-0.3, -0.25) is 9.69 Å². The van der Waals surface area contributed by atoms with Crippen LogP contribution < -0.4 is 9.47 Å². The number of carbonyl (C=O) groups is 1. The maximum atomic E-state index is 13.2. The molecule has 1 saturated heterocycles. The Balaban J connectivity index is 1.28. The zero-order valence-corrected chi connectivity index (χ0v) is 18.7. The number of ether oxygens (including phenoxy) is 2. The van der Waals surface area contributed by atoms with Crippen LogP contribution in [0, 0.1) is 0 Å². The number of benzene rings is 2. The van der Waals surface area contributed by atoms with Crippen molar-refractivity contribution < 1.29 is 14.3 Å². The number of likely N-dealkylation sites (N-methyl/N-ethyl adjacent to an activating group) is 1. The quantitative estimate of drug-likeness (QED) is 0.591. The third-order valence-electron chi connectivity index (χ3n) is 6.30. The molecule has 0 N–H and O–H groups in total. The molecule has 1 aromatic heterocycles. The summed E-state index contributed by atoms with van der Waals surface area (Å²) in [5.41, 5.74) is 2.19. The lowest BCUT2D eigenvalue weighted by molar-refractivity contribution is -0.133. The van der Waals surface area contributed by atoms with Crippen molar-refractivity contribution in [3.8, 4) is 11.5 Å². The fourth-order valence-corrected chi connectivity index (χ4v) is 5.46. The standard InChI is InChI=1S/C24H27N3O3S/c1-16(24-25-18-6-3-4-8-22(18)31-24)26(2)23(28)15-27-11-5-7-19(27)17-9-10-20-21(14-17)30-13-12-29-20/h3-4,6,8-10,14,16,19H,5,7,11-13,15H2,1-2H3/t16-,19-/m0/s1. The highest BCUT2D eigenvalue weighted by Gasteiger charge is 2.31. The second-order valence-electron chi connectivity index (χ2n) is 8.23. The molecule has 31 heavy (non-hydrogen) atoms. The Morgan fingerprint density at radius 3 is 2.87 bits per heavy atom. The number of amides is 1. The maximum absolute atomic E-state index is 13.2. The summed E-state index contributed by atoms with van der Waals surface area (Å²) in [6, 6.07) is 14.5. The lowest BCUT2D eigenvalue weighted by Crippen LogP contribution is -2.39. The molecule has 7 heteroatoms. The molecule has 0 radical (unpaired) electrons. The number of hydrogen-bond acceptors (Lipinski definition) is 6. The average molecular weight is 438 g/mol.